The molecule has 112 valence electrons. The first-order chi connectivity index (χ1) is 10.2. The molecule has 0 aliphatic carbocycles. The SMILES string of the molecule is COc1ccc2ccnc(N3CC(CBr)OCC3C)c2c1. The highest BCUT2D eigenvalue weighted by Gasteiger charge is 2.27. The summed E-state index contributed by atoms with van der Waals surface area (Å²) in [5, 5.41) is 3.14. The van der Waals surface area contributed by atoms with Gasteiger partial charge in [-0.15, -0.1) is 0 Å². The zero-order valence-corrected chi connectivity index (χ0v) is 13.8. The minimum absolute atomic E-state index is 0.198. The van der Waals surface area contributed by atoms with Crippen LogP contribution in [0.4, 0.5) is 5.82 Å². The van der Waals surface area contributed by atoms with Gasteiger partial charge in [0.05, 0.1) is 25.9 Å². The summed E-state index contributed by atoms with van der Waals surface area (Å²) in [6, 6.07) is 8.46. The van der Waals surface area contributed by atoms with Gasteiger partial charge in [0.2, 0.25) is 0 Å². The molecular weight excluding hydrogens is 332 g/mol. The maximum Gasteiger partial charge on any atom is 0.136 e. The van der Waals surface area contributed by atoms with Crippen molar-refractivity contribution >= 4 is 32.5 Å². The third-order valence-electron chi connectivity index (χ3n) is 3.90. The topological polar surface area (TPSA) is 34.6 Å². The number of ether oxygens (including phenoxy) is 2. The Morgan fingerprint density at radius 2 is 2.29 bits per heavy atom. The number of aromatic nitrogens is 1. The Labute approximate surface area is 133 Å². The van der Waals surface area contributed by atoms with E-state index < -0.39 is 0 Å². The number of methoxy groups -OCH3 is 1. The van der Waals surface area contributed by atoms with Crippen molar-refractivity contribution in [2.75, 3.05) is 30.5 Å². The van der Waals surface area contributed by atoms with Crippen molar-refractivity contribution in [3.05, 3.63) is 30.5 Å². The molecule has 1 aromatic carbocycles. The molecule has 2 aromatic rings. The smallest absolute Gasteiger partial charge is 0.136 e. The molecule has 0 saturated carbocycles. The van der Waals surface area contributed by atoms with E-state index in [-0.39, 0.29) is 6.10 Å². The van der Waals surface area contributed by atoms with Crippen LogP contribution in [0.5, 0.6) is 5.75 Å². The molecule has 5 heteroatoms. The number of rotatable bonds is 3. The molecule has 1 aliphatic rings. The summed E-state index contributed by atoms with van der Waals surface area (Å²) >= 11 is 3.51. The lowest BCUT2D eigenvalue weighted by Gasteiger charge is -2.38. The molecule has 0 spiro atoms. The van der Waals surface area contributed by atoms with Crippen LogP contribution in [-0.2, 0) is 4.74 Å². The van der Waals surface area contributed by atoms with Crippen LogP contribution >= 0.6 is 15.9 Å². The van der Waals surface area contributed by atoms with Crippen LogP contribution in [0.1, 0.15) is 6.92 Å². The third-order valence-corrected chi connectivity index (χ3v) is 4.62. The van der Waals surface area contributed by atoms with Crippen LogP contribution in [0.15, 0.2) is 30.5 Å². The fourth-order valence-electron chi connectivity index (χ4n) is 2.69. The van der Waals surface area contributed by atoms with Gasteiger partial charge in [0.25, 0.3) is 0 Å². The molecule has 0 radical (unpaired) electrons. The Hall–Kier alpha value is -1.33. The lowest BCUT2D eigenvalue weighted by atomic mass is 10.1. The first-order valence-corrected chi connectivity index (χ1v) is 8.22. The molecule has 2 heterocycles. The number of benzene rings is 1. The van der Waals surface area contributed by atoms with Gasteiger partial charge in [-0.05, 0) is 30.5 Å². The molecule has 0 N–H and O–H groups in total. The Morgan fingerprint density at radius 3 is 3.05 bits per heavy atom. The number of pyridine rings is 1. The first kappa shape index (κ1) is 14.6. The van der Waals surface area contributed by atoms with Gasteiger partial charge in [-0.1, -0.05) is 22.0 Å². The number of hydrogen-bond donors (Lipinski definition) is 0. The zero-order chi connectivity index (χ0) is 14.8. The molecule has 1 saturated heterocycles. The predicted octanol–water partition coefficient (Wildman–Crippen LogP) is 3.23. The van der Waals surface area contributed by atoms with E-state index in [1.54, 1.807) is 7.11 Å². The second-order valence-corrected chi connectivity index (χ2v) is 5.98. The minimum atomic E-state index is 0.198. The maximum absolute atomic E-state index is 5.81. The molecule has 2 atom stereocenters. The zero-order valence-electron chi connectivity index (χ0n) is 12.3. The van der Waals surface area contributed by atoms with Crippen molar-refractivity contribution in [3.63, 3.8) is 0 Å². The molecule has 1 aliphatic heterocycles. The second-order valence-electron chi connectivity index (χ2n) is 5.33. The summed E-state index contributed by atoms with van der Waals surface area (Å²) in [4.78, 5) is 6.96. The Morgan fingerprint density at radius 1 is 1.43 bits per heavy atom. The molecule has 2 unspecified atom stereocenters. The van der Waals surface area contributed by atoms with Crippen molar-refractivity contribution in [1.29, 1.82) is 0 Å². The summed E-state index contributed by atoms with van der Waals surface area (Å²) in [6.07, 6.45) is 2.07. The van der Waals surface area contributed by atoms with E-state index >= 15 is 0 Å². The highest BCUT2D eigenvalue weighted by atomic mass is 79.9. The number of morpholine rings is 1. The van der Waals surface area contributed by atoms with E-state index in [4.69, 9.17) is 9.47 Å². The highest BCUT2D eigenvalue weighted by Crippen LogP contribution is 2.30. The molecule has 1 aromatic heterocycles. The van der Waals surface area contributed by atoms with Gasteiger partial charge in [0, 0.05) is 23.5 Å². The van der Waals surface area contributed by atoms with Gasteiger partial charge in [0.1, 0.15) is 11.6 Å². The molecule has 1 fully saturated rings. The Kier molecular flexibility index (Phi) is 4.31. The summed E-state index contributed by atoms with van der Waals surface area (Å²) in [6.45, 7) is 3.74. The standard InChI is InChI=1S/C16H19BrN2O2/c1-11-10-21-14(8-17)9-19(11)16-15-7-13(20-2)4-3-12(15)5-6-18-16/h3-7,11,14H,8-10H2,1-2H3. The van der Waals surface area contributed by atoms with Gasteiger partial charge < -0.3 is 14.4 Å². The fourth-order valence-corrected chi connectivity index (χ4v) is 3.09. The van der Waals surface area contributed by atoms with Crippen molar-refractivity contribution in [2.24, 2.45) is 0 Å². The fraction of sp³-hybridized carbons (Fsp3) is 0.438. The molecule has 4 nitrogen and oxygen atoms in total. The maximum atomic E-state index is 5.81. The van der Waals surface area contributed by atoms with Gasteiger partial charge in [-0.25, -0.2) is 4.98 Å². The predicted molar refractivity (Wildman–Crippen MR) is 88.6 cm³/mol. The van der Waals surface area contributed by atoms with Crippen molar-refractivity contribution in [3.8, 4) is 5.75 Å². The van der Waals surface area contributed by atoms with Crippen LogP contribution < -0.4 is 9.64 Å². The molecule has 0 amide bonds. The van der Waals surface area contributed by atoms with Crippen LogP contribution in [0, 0.1) is 0 Å². The van der Waals surface area contributed by atoms with Gasteiger partial charge in [0.15, 0.2) is 0 Å². The highest BCUT2D eigenvalue weighted by molar-refractivity contribution is 9.09. The average molecular weight is 351 g/mol. The molecule has 21 heavy (non-hydrogen) atoms. The van der Waals surface area contributed by atoms with Crippen LogP contribution in [0.2, 0.25) is 0 Å². The first-order valence-electron chi connectivity index (χ1n) is 7.10. The molecule has 0 bridgehead atoms. The summed E-state index contributed by atoms with van der Waals surface area (Å²) in [5.74, 6) is 1.86. The van der Waals surface area contributed by atoms with Crippen LogP contribution in [-0.4, -0.2) is 42.7 Å². The monoisotopic (exact) mass is 350 g/mol. The Bertz CT molecular complexity index is 635. The summed E-state index contributed by atoms with van der Waals surface area (Å²) in [5.41, 5.74) is 0. The van der Waals surface area contributed by atoms with E-state index in [1.807, 2.05) is 18.3 Å². The number of alkyl halides is 1. The van der Waals surface area contributed by atoms with Crippen molar-refractivity contribution in [2.45, 2.75) is 19.1 Å². The van der Waals surface area contributed by atoms with Gasteiger partial charge >= 0.3 is 0 Å². The third kappa shape index (κ3) is 2.85. The number of halogens is 1. The van der Waals surface area contributed by atoms with E-state index in [1.165, 1.54) is 5.39 Å². The van der Waals surface area contributed by atoms with E-state index in [0.717, 1.165) is 35.4 Å². The van der Waals surface area contributed by atoms with Crippen LogP contribution in [0.3, 0.4) is 0 Å². The number of hydrogen-bond acceptors (Lipinski definition) is 4. The summed E-state index contributed by atoms with van der Waals surface area (Å²) < 4.78 is 11.2. The molecule has 3 rings (SSSR count). The van der Waals surface area contributed by atoms with Crippen molar-refractivity contribution < 1.29 is 9.47 Å². The minimum Gasteiger partial charge on any atom is -0.497 e. The van der Waals surface area contributed by atoms with E-state index in [2.05, 4.69) is 44.9 Å². The second kappa shape index (κ2) is 6.20. The molecular formula is C16H19BrN2O2. The number of nitrogens with zero attached hydrogens (tertiary/aromatic N) is 2. The van der Waals surface area contributed by atoms with E-state index in [0.29, 0.717) is 6.04 Å². The Balaban J connectivity index is 2.05. The normalized spacial score (nSPS) is 22.5. The van der Waals surface area contributed by atoms with Crippen molar-refractivity contribution in [1.82, 2.24) is 4.98 Å². The van der Waals surface area contributed by atoms with E-state index in [9.17, 15) is 0 Å². The summed E-state index contributed by atoms with van der Waals surface area (Å²) in [7, 11) is 1.69. The van der Waals surface area contributed by atoms with Gasteiger partial charge in [-0.2, -0.15) is 0 Å². The number of anilines is 1. The largest absolute Gasteiger partial charge is 0.497 e. The lowest BCUT2D eigenvalue weighted by molar-refractivity contribution is 0.0378. The van der Waals surface area contributed by atoms with Gasteiger partial charge in [-0.3, -0.25) is 0 Å². The lowest BCUT2D eigenvalue weighted by Crippen LogP contribution is -2.49. The van der Waals surface area contributed by atoms with Crippen LogP contribution in [0.25, 0.3) is 10.8 Å². The number of fused-ring (bicyclic) bond motifs is 1. The average Bonchev–Trinajstić information content (AvgIpc) is 2.54. The quantitative estimate of drug-likeness (QED) is 0.796.